The molecule has 0 aromatic heterocycles. The second kappa shape index (κ2) is 6.09. The standard InChI is InChI=1S/C14H18O3/c1-10(2)7-8-17-13-6-5-12(11(3)15)9-14(13)16-4/h5-7,9H,8H2,1-4H3. The van der Waals surface area contributed by atoms with Crippen molar-refractivity contribution in [2.45, 2.75) is 20.8 Å². The molecule has 3 nitrogen and oxygen atoms in total. The third kappa shape index (κ3) is 3.94. The second-order valence-corrected chi connectivity index (χ2v) is 4.01. The van der Waals surface area contributed by atoms with Gasteiger partial charge in [0.05, 0.1) is 7.11 Å². The van der Waals surface area contributed by atoms with E-state index in [0.29, 0.717) is 23.7 Å². The van der Waals surface area contributed by atoms with Crippen LogP contribution in [0.5, 0.6) is 11.5 Å². The summed E-state index contributed by atoms with van der Waals surface area (Å²) in [6, 6.07) is 5.19. The van der Waals surface area contributed by atoms with Gasteiger partial charge in [0.2, 0.25) is 0 Å². The van der Waals surface area contributed by atoms with Gasteiger partial charge < -0.3 is 9.47 Å². The first kappa shape index (κ1) is 13.3. The molecule has 0 N–H and O–H groups in total. The first-order valence-corrected chi connectivity index (χ1v) is 5.49. The maximum atomic E-state index is 11.2. The van der Waals surface area contributed by atoms with E-state index in [2.05, 4.69) is 0 Å². The van der Waals surface area contributed by atoms with Crippen LogP contribution in [0.25, 0.3) is 0 Å². The Hall–Kier alpha value is -1.77. The largest absolute Gasteiger partial charge is 0.493 e. The molecule has 0 saturated carbocycles. The summed E-state index contributed by atoms with van der Waals surface area (Å²) in [6.45, 7) is 6.05. The van der Waals surface area contributed by atoms with Crippen LogP contribution in [0.2, 0.25) is 0 Å². The monoisotopic (exact) mass is 234 g/mol. The van der Waals surface area contributed by atoms with Gasteiger partial charge in [0.1, 0.15) is 6.61 Å². The highest BCUT2D eigenvalue weighted by atomic mass is 16.5. The van der Waals surface area contributed by atoms with Gasteiger partial charge in [-0.25, -0.2) is 0 Å². The van der Waals surface area contributed by atoms with Crippen molar-refractivity contribution in [2.75, 3.05) is 13.7 Å². The van der Waals surface area contributed by atoms with Crippen LogP contribution in [0.15, 0.2) is 29.8 Å². The van der Waals surface area contributed by atoms with Crippen LogP contribution in [0.4, 0.5) is 0 Å². The highest BCUT2D eigenvalue weighted by molar-refractivity contribution is 5.94. The molecule has 1 aromatic carbocycles. The lowest BCUT2D eigenvalue weighted by molar-refractivity contribution is 0.101. The number of ether oxygens (including phenoxy) is 2. The number of hydrogen-bond donors (Lipinski definition) is 0. The molecule has 0 amide bonds. The molecule has 3 heteroatoms. The molecule has 0 aliphatic carbocycles. The van der Waals surface area contributed by atoms with Gasteiger partial charge in [0.25, 0.3) is 0 Å². The molecular formula is C14H18O3. The SMILES string of the molecule is COc1cc(C(C)=O)ccc1OCC=C(C)C. The first-order chi connectivity index (χ1) is 8.04. The van der Waals surface area contributed by atoms with E-state index in [9.17, 15) is 4.79 Å². The van der Waals surface area contributed by atoms with Gasteiger partial charge in [-0.05, 0) is 45.0 Å². The van der Waals surface area contributed by atoms with Crippen molar-refractivity contribution >= 4 is 5.78 Å². The maximum Gasteiger partial charge on any atom is 0.161 e. The predicted molar refractivity (Wildman–Crippen MR) is 67.9 cm³/mol. The van der Waals surface area contributed by atoms with E-state index < -0.39 is 0 Å². The Morgan fingerprint density at radius 3 is 2.47 bits per heavy atom. The highest BCUT2D eigenvalue weighted by Gasteiger charge is 2.07. The van der Waals surface area contributed by atoms with Crippen molar-refractivity contribution in [3.63, 3.8) is 0 Å². The topological polar surface area (TPSA) is 35.5 Å². The maximum absolute atomic E-state index is 11.2. The molecule has 1 rings (SSSR count). The number of allylic oxidation sites excluding steroid dienone is 1. The minimum atomic E-state index is 0.0131. The summed E-state index contributed by atoms with van der Waals surface area (Å²) in [5.74, 6) is 1.24. The molecule has 0 aliphatic heterocycles. The molecule has 0 radical (unpaired) electrons. The number of hydrogen-bond acceptors (Lipinski definition) is 3. The zero-order valence-corrected chi connectivity index (χ0v) is 10.7. The van der Waals surface area contributed by atoms with Crippen molar-refractivity contribution in [3.05, 3.63) is 35.4 Å². The van der Waals surface area contributed by atoms with Crippen LogP contribution in [0.1, 0.15) is 31.1 Å². The average molecular weight is 234 g/mol. The Morgan fingerprint density at radius 1 is 1.24 bits per heavy atom. The number of ketones is 1. The van der Waals surface area contributed by atoms with Crippen molar-refractivity contribution in [1.29, 1.82) is 0 Å². The Labute approximate surface area is 102 Å². The molecule has 0 bridgehead atoms. The normalized spacial score (nSPS) is 9.65. The number of methoxy groups -OCH3 is 1. The van der Waals surface area contributed by atoms with Gasteiger partial charge in [-0.3, -0.25) is 4.79 Å². The third-order valence-corrected chi connectivity index (χ3v) is 2.30. The van der Waals surface area contributed by atoms with E-state index in [4.69, 9.17) is 9.47 Å². The summed E-state index contributed by atoms with van der Waals surface area (Å²) in [5.41, 5.74) is 1.82. The van der Waals surface area contributed by atoms with E-state index in [1.807, 2.05) is 19.9 Å². The van der Waals surface area contributed by atoms with Gasteiger partial charge in [0, 0.05) is 5.56 Å². The molecule has 0 spiro atoms. The zero-order chi connectivity index (χ0) is 12.8. The lowest BCUT2D eigenvalue weighted by Crippen LogP contribution is -1.99. The van der Waals surface area contributed by atoms with Gasteiger partial charge in [-0.2, -0.15) is 0 Å². The fourth-order valence-electron chi connectivity index (χ4n) is 1.30. The molecule has 0 unspecified atom stereocenters. The van der Waals surface area contributed by atoms with Crippen LogP contribution in [-0.4, -0.2) is 19.5 Å². The lowest BCUT2D eigenvalue weighted by Gasteiger charge is -2.10. The van der Waals surface area contributed by atoms with Gasteiger partial charge in [-0.1, -0.05) is 5.57 Å². The predicted octanol–water partition coefficient (Wildman–Crippen LogP) is 3.24. The summed E-state index contributed by atoms with van der Waals surface area (Å²) >= 11 is 0. The quantitative estimate of drug-likeness (QED) is 0.579. The lowest BCUT2D eigenvalue weighted by atomic mass is 10.1. The van der Waals surface area contributed by atoms with Crippen molar-refractivity contribution in [1.82, 2.24) is 0 Å². The molecule has 0 heterocycles. The summed E-state index contributed by atoms with van der Waals surface area (Å²) in [5, 5.41) is 0. The number of benzene rings is 1. The average Bonchev–Trinajstić information content (AvgIpc) is 2.28. The molecule has 0 atom stereocenters. The minimum Gasteiger partial charge on any atom is -0.493 e. The smallest absolute Gasteiger partial charge is 0.161 e. The number of rotatable bonds is 5. The van der Waals surface area contributed by atoms with Crippen molar-refractivity contribution in [3.8, 4) is 11.5 Å². The molecule has 92 valence electrons. The van der Waals surface area contributed by atoms with E-state index >= 15 is 0 Å². The molecular weight excluding hydrogens is 216 g/mol. The first-order valence-electron chi connectivity index (χ1n) is 5.49. The van der Waals surface area contributed by atoms with Crippen LogP contribution >= 0.6 is 0 Å². The number of carbonyl (C=O) groups is 1. The molecule has 0 aliphatic rings. The Bertz CT molecular complexity index is 429. The summed E-state index contributed by atoms with van der Waals surface area (Å²) in [7, 11) is 1.56. The molecule has 17 heavy (non-hydrogen) atoms. The van der Waals surface area contributed by atoms with Gasteiger partial charge >= 0.3 is 0 Å². The second-order valence-electron chi connectivity index (χ2n) is 4.01. The van der Waals surface area contributed by atoms with Crippen LogP contribution in [-0.2, 0) is 0 Å². The van der Waals surface area contributed by atoms with E-state index in [1.54, 1.807) is 25.3 Å². The van der Waals surface area contributed by atoms with E-state index in [1.165, 1.54) is 12.5 Å². The van der Waals surface area contributed by atoms with Crippen molar-refractivity contribution in [2.24, 2.45) is 0 Å². The fourth-order valence-corrected chi connectivity index (χ4v) is 1.30. The number of carbonyl (C=O) groups excluding carboxylic acids is 1. The highest BCUT2D eigenvalue weighted by Crippen LogP contribution is 2.28. The van der Waals surface area contributed by atoms with Crippen LogP contribution < -0.4 is 9.47 Å². The van der Waals surface area contributed by atoms with Gasteiger partial charge in [-0.15, -0.1) is 0 Å². The molecule has 0 saturated heterocycles. The Kier molecular flexibility index (Phi) is 4.76. The number of Topliss-reactive ketones (excluding diaryl/α,β-unsaturated/α-hetero) is 1. The molecule has 1 aromatic rings. The molecule has 0 fully saturated rings. The Morgan fingerprint density at radius 2 is 1.94 bits per heavy atom. The zero-order valence-electron chi connectivity index (χ0n) is 10.7. The summed E-state index contributed by atoms with van der Waals surface area (Å²) < 4.78 is 10.8. The summed E-state index contributed by atoms with van der Waals surface area (Å²) in [4.78, 5) is 11.2. The minimum absolute atomic E-state index is 0.0131. The van der Waals surface area contributed by atoms with Crippen LogP contribution in [0, 0.1) is 0 Å². The fraction of sp³-hybridized carbons (Fsp3) is 0.357. The van der Waals surface area contributed by atoms with Gasteiger partial charge in [0.15, 0.2) is 17.3 Å². The third-order valence-electron chi connectivity index (χ3n) is 2.30. The van der Waals surface area contributed by atoms with Crippen LogP contribution in [0.3, 0.4) is 0 Å². The Balaban J connectivity index is 2.85. The van der Waals surface area contributed by atoms with E-state index in [0.717, 1.165) is 0 Å². The van der Waals surface area contributed by atoms with Crippen molar-refractivity contribution < 1.29 is 14.3 Å². The summed E-state index contributed by atoms with van der Waals surface area (Å²) in [6.07, 6.45) is 1.98. The van der Waals surface area contributed by atoms with E-state index in [-0.39, 0.29) is 5.78 Å².